The van der Waals surface area contributed by atoms with Gasteiger partial charge in [0.2, 0.25) is 5.89 Å². The predicted octanol–water partition coefficient (Wildman–Crippen LogP) is 3.12. The Morgan fingerprint density at radius 2 is 2.04 bits per heavy atom. The summed E-state index contributed by atoms with van der Waals surface area (Å²) in [5, 5.41) is 10.5. The molecule has 0 saturated heterocycles. The molecule has 2 rings (SSSR count). The molecule has 0 aliphatic heterocycles. The van der Waals surface area contributed by atoms with Crippen molar-refractivity contribution in [2.75, 3.05) is 20.2 Å². The van der Waals surface area contributed by atoms with Gasteiger partial charge < -0.3 is 19.9 Å². The van der Waals surface area contributed by atoms with Gasteiger partial charge >= 0.3 is 0 Å². The summed E-state index contributed by atoms with van der Waals surface area (Å²) in [7, 11) is 1.74. The fourth-order valence-corrected chi connectivity index (χ4v) is 2.24. The molecule has 1 aromatic carbocycles. The number of hydrogen-bond acceptors (Lipinski definition) is 5. The van der Waals surface area contributed by atoms with E-state index in [1.807, 2.05) is 45.0 Å². The summed E-state index contributed by atoms with van der Waals surface area (Å²) in [6.07, 6.45) is 0.649. The highest BCUT2D eigenvalue weighted by Crippen LogP contribution is 2.17. The van der Waals surface area contributed by atoms with Crippen molar-refractivity contribution in [1.29, 1.82) is 0 Å². The van der Waals surface area contributed by atoms with Crippen molar-refractivity contribution >= 4 is 29.9 Å². The summed E-state index contributed by atoms with van der Waals surface area (Å²) in [5.74, 6) is 3.25. The van der Waals surface area contributed by atoms with E-state index in [4.69, 9.17) is 9.26 Å². The van der Waals surface area contributed by atoms with Crippen LogP contribution in [0.15, 0.2) is 33.8 Å². The highest BCUT2D eigenvalue weighted by molar-refractivity contribution is 14.0. The largest absolute Gasteiger partial charge is 0.494 e. The Morgan fingerprint density at radius 1 is 1.27 bits per heavy atom. The van der Waals surface area contributed by atoms with Gasteiger partial charge in [0.25, 0.3) is 0 Å². The van der Waals surface area contributed by atoms with Gasteiger partial charge in [0, 0.05) is 38.0 Å². The predicted molar refractivity (Wildman–Crippen MR) is 113 cm³/mol. The van der Waals surface area contributed by atoms with Crippen molar-refractivity contribution in [3.63, 3.8) is 0 Å². The Hall–Kier alpha value is -1.84. The zero-order valence-electron chi connectivity index (χ0n) is 15.8. The molecule has 0 spiro atoms. The molecule has 0 atom stereocenters. The topological polar surface area (TPSA) is 84.6 Å². The van der Waals surface area contributed by atoms with Crippen LogP contribution in [0.2, 0.25) is 0 Å². The summed E-state index contributed by atoms with van der Waals surface area (Å²) in [4.78, 5) is 8.59. The second-order valence-electron chi connectivity index (χ2n) is 5.84. The zero-order valence-corrected chi connectivity index (χ0v) is 18.1. The summed E-state index contributed by atoms with van der Waals surface area (Å²) >= 11 is 0. The van der Waals surface area contributed by atoms with E-state index in [9.17, 15) is 0 Å². The summed E-state index contributed by atoms with van der Waals surface area (Å²) < 4.78 is 10.9. The SMILES string of the molecule is CCOc1ccccc1CNC(=NC)NCCc1nc(C(C)C)no1.I. The third-order valence-corrected chi connectivity index (χ3v) is 3.57. The van der Waals surface area contributed by atoms with Crippen LogP contribution in [0, 0.1) is 0 Å². The summed E-state index contributed by atoms with van der Waals surface area (Å²) in [5.41, 5.74) is 1.09. The number of aromatic nitrogens is 2. The van der Waals surface area contributed by atoms with Gasteiger partial charge in [0.1, 0.15) is 5.75 Å². The molecule has 2 aromatic rings. The average molecular weight is 473 g/mol. The van der Waals surface area contributed by atoms with Crippen molar-refractivity contribution in [2.24, 2.45) is 4.99 Å². The quantitative estimate of drug-likeness (QED) is 0.348. The Labute approximate surface area is 172 Å². The second-order valence-corrected chi connectivity index (χ2v) is 5.84. The van der Waals surface area contributed by atoms with Gasteiger partial charge in [-0.3, -0.25) is 4.99 Å². The molecule has 8 heteroatoms. The number of nitrogens with one attached hydrogen (secondary N) is 2. The lowest BCUT2D eigenvalue weighted by Gasteiger charge is -2.13. The molecule has 0 fully saturated rings. The van der Waals surface area contributed by atoms with E-state index in [1.165, 1.54) is 0 Å². The molecule has 0 aliphatic carbocycles. The first-order valence-corrected chi connectivity index (χ1v) is 8.61. The Bertz CT molecular complexity index is 688. The molecule has 0 radical (unpaired) electrons. The maximum absolute atomic E-state index is 5.64. The first kappa shape index (κ1) is 22.2. The molecule has 0 saturated carbocycles. The Balaban J connectivity index is 0.00000338. The average Bonchev–Trinajstić information content (AvgIpc) is 3.08. The zero-order chi connectivity index (χ0) is 18.1. The van der Waals surface area contributed by atoms with Gasteiger partial charge in [-0.05, 0) is 13.0 Å². The number of para-hydroxylation sites is 1. The lowest BCUT2D eigenvalue weighted by Crippen LogP contribution is -2.38. The van der Waals surface area contributed by atoms with Crippen LogP contribution in [-0.2, 0) is 13.0 Å². The molecule has 7 nitrogen and oxygen atoms in total. The van der Waals surface area contributed by atoms with Crippen molar-refractivity contribution in [2.45, 2.75) is 39.7 Å². The smallest absolute Gasteiger partial charge is 0.228 e. The third-order valence-electron chi connectivity index (χ3n) is 3.57. The molecular weight excluding hydrogens is 445 g/mol. The van der Waals surface area contributed by atoms with Crippen LogP contribution in [0.5, 0.6) is 5.75 Å². The van der Waals surface area contributed by atoms with Crippen LogP contribution in [0.4, 0.5) is 0 Å². The van der Waals surface area contributed by atoms with E-state index in [0.29, 0.717) is 32.0 Å². The molecule has 0 bridgehead atoms. The second kappa shape index (κ2) is 11.7. The maximum Gasteiger partial charge on any atom is 0.228 e. The number of benzene rings is 1. The first-order chi connectivity index (χ1) is 12.1. The number of hydrogen-bond donors (Lipinski definition) is 2. The number of ether oxygens (including phenoxy) is 1. The highest BCUT2D eigenvalue weighted by Gasteiger charge is 2.09. The number of aliphatic imine (C=N–C) groups is 1. The van der Waals surface area contributed by atoms with Crippen LogP contribution in [0.3, 0.4) is 0 Å². The number of halogens is 1. The molecule has 0 amide bonds. The number of guanidine groups is 1. The van der Waals surface area contributed by atoms with Gasteiger partial charge in [-0.25, -0.2) is 0 Å². The summed E-state index contributed by atoms with van der Waals surface area (Å²) in [6, 6.07) is 7.98. The fraction of sp³-hybridized carbons (Fsp3) is 0.500. The fourth-order valence-electron chi connectivity index (χ4n) is 2.24. The lowest BCUT2D eigenvalue weighted by atomic mass is 10.2. The van der Waals surface area contributed by atoms with Crippen LogP contribution < -0.4 is 15.4 Å². The number of rotatable bonds is 8. The minimum Gasteiger partial charge on any atom is -0.494 e. The van der Waals surface area contributed by atoms with Crippen molar-refractivity contribution in [3.05, 3.63) is 41.5 Å². The van der Waals surface area contributed by atoms with Crippen molar-refractivity contribution in [3.8, 4) is 5.75 Å². The van der Waals surface area contributed by atoms with Gasteiger partial charge in [-0.15, -0.1) is 24.0 Å². The summed E-state index contributed by atoms with van der Waals surface area (Å²) in [6.45, 7) is 8.00. The minimum atomic E-state index is 0. The maximum atomic E-state index is 5.64. The molecule has 0 aliphatic rings. The van der Waals surface area contributed by atoms with Crippen molar-refractivity contribution < 1.29 is 9.26 Å². The van der Waals surface area contributed by atoms with Gasteiger partial charge in [0.15, 0.2) is 11.8 Å². The van der Waals surface area contributed by atoms with Crippen LogP contribution in [-0.4, -0.2) is 36.3 Å². The Kier molecular flexibility index (Phi) is 10.0. The Morgan fingerprint density at radius 3 is 2.69 bits per heavy atom. The molecule has 2 N–H and O–H groups in total. The van der Waals surface area contributed by atoms with E-state index in [-0.39, 0.29) is 29.9 Å². The van der Waals surface area contributed by atoms with Crippen LogP contribution in [0.1, 0.15) is 44.0 Å². The van der Waals surface area contributed by atoms with E-state index in [2.05, 4.69) is 25.8 Å². The van der Waals surface area contributed by atoms with Gasteiger partial charge in [-0.2, -0.15) is 4.98 Å². The van der Waals surface area contributed by atoms with E-state index in [1.54, 1.807) is 7.05 Å². The van der Waals surface area contributed by atoms with E-state index < -0.39 is 0 Å². The molecule has 26 heavy (non-hydrogen) atoms. The lowest BCUT2D eigenvalue weighted by molar-refractivity contribution is 0.336. The molecule has 0 unspecified atom stereocenters. The standard InChI is InChI=1S/C18H27N5O2.HI/c1-5-24-15-9-7-6-8-14(15)12-21-18(19-4)20-11-10-16-22-17(13(2)3)23-25-16;/h6-9,13H,5,10-12H2,1-4H3,(H2,19,20,21);1H. The molecule has 1 heterocycles. The van der Waals surface area contributed by atoms with Gasteiger partial charge in [-0.1, -0.05) is 37.2 Å². The van der Waals surface area contributed by atoms with E-state index >= 15 is 0 Å². The third kappa shape index (κ3) is 6.81. The number of nitrogens with zero attached hydrogens (tertiary/aromatic N) is 3. The van der Waals surface area contributed by atoms with Crippen LogP contribution >= 0.6 is 24.0 Å². The molecule has 1 aromatic heterocycles. The van der Waals surface area contributed by atoms with Crippen LogP contribution in [0.25, 0.3) is 0 Å². The molecular formula is C18H28IN5O2. The van der Waals surface area contributed by atoms with E-state index in [0.717, 1.165) is 23.1 Å². The molecule has 144 valence electrons. The van der Waals surface area contributed by atoms with Crippen molar-refractivity contribution in [1.82, 2.24) is 20.8 Å². The normalized spacial score (nSPS) is 11.2. The highest BCUT2D eigenvalue weighted by atomic mass is 127. The van der Waals surface area contributed by atoms with Gasteiger partial charge in [0.05, 0.1) is 6.61 Å². The first-order valence-electron chi connectivity index (χ1n) is 8.61. The minimum absolute atomic E-state index is 0. The monoisotopic (exact) mass is 473 g/mol.